The summed E-state index contributed by atoms with van der Waals surface area (Å²) in [5, 5.41) is 45.1. The first-order valence-corrected chi connectivity index (χ1v) is 28.0. The van der Waals surface area contributed by atoms with Gasteiger partial charge in [-0.05, 0) is 81.0 Å². The molecule has 26 nitrogen and oxygen atoms in total. The zero-order valence-electron chi connectivity index (χ0n) is 49.3. The third-order valence-electron chi connectivity index (χ3n) is 12.9. The van der Waals surface area contributed by atoms with Crippen molar-refractivity contribution in [1.82, 2.24) is 53.1 Å². The summed E-state index contributed by atoms with van der Waals surface area (Å²) >= 11 is 0. The summed E-state index contributed by atoms with van der Waals surface area (Å²) in [7, 11) is 0. The highest BCUT2D eigenvalue weighted by Gasteiger charge is 2.38. The highest BCUT2D eigenvalue weighted by Crippen LogP contribution is 2.20. The Morgan fingerprint density at radius 1 is 0.573 bits per heavy atom. The fourth-order valence-electron chi connectivity index (χ4n) is 8.40. The van der Waals surface area contributed by atoms with E-state index in [0.29, 0.717) is 35.1 Å². The molecule has 0 aliphatic heterocycles. The van der Waals surface area contributed by atoms with E-state index in [-0.39, 0.29) is 37.9 Å². The lowest BCUT2D eigenvalue weighted by molar-refractivity contribution is -0.192. The number of halogens is 3. The van der Waals surface area contributed by atoms with Gasteiger partial charge in [0.05, 0.1) is 19.0 Å². The molecular weight excluding hydrogens is 1170 g/mol. The lowest BCUT2D eigenvalue weighted by Crippen LogP contribution is -2.61. The molecule has 15 N–H and O–H groups in total. The molecule has 0 radical (unpaired) electrons. The van der Waals surface area contributed by atoms with Gasteiger partial charge in [0.1, 0.15) is 47.6 Å². The number of phenols is 1. The van der Waals surface area contributed by atoms with Crippen molar-refractivity contribution in [1.29, 1.82) is 0 Å². The van der Waals surface area contributed by atoms with Gasteiger partial charge in [-0.25, -0.2) is 9.59 Å². The molecule has 5 rings (SSSR count). The summed E-state index contributed by atoms with van der Waals surface area (Å²) in [4.78, 5) is 147. The minimum atomic E-state index is -5.08. The number of alkyl carbamates (subject to hydrolysis) is 1. The van der Waals surface area contributed by atoms with Gasteiger partial charge in [-0.2, -0.15) is 13.2 Å². The number of carboxylic acid groups (broad SMARTS) is 2. The number of rotatable bonds is 28. The number of unbranched alkanes of at least 4 members (excludes halogenated alkanes) is 1. The summed E-state index contributed by atoms with van der Waals surface area (Å²) < 4.78 is 37.2. The van der Waals surface area contributed by atoms with Crippen LogP contribution in [0.1, 0.15) is 82.6 Å². The molecule has 7 atom stereocenters. The number of hydrogen-bond acceptors (Lipinski definition) is 14. The number of nitrogens with one attached hydrogen (secondary N) is 10. The molecule has 480 valence electrons. The first-order valence-electron chi connectivity index (χ1n) is 28.0. The van der Waals surface area contributed by atoms with Crippen LogP contribution in [0.4, 0.5) is 18.0 Å². The van der Waals surface area contributed by atoms with Gasteiger partial charge in [0.25, 0.3) is 11.8 Å². The molecule has 9 amide bonds. The van der Waals surface area contributed by atoms with Crippen molar-refractivity contribution < 1.29 is 86.0 Å². The van der Waals surface area contributed by atoms with Crippen LogP contribution in [0.2, 0.25) is 0 Å². The minimum absolute atomic E-state index is 0.0280. The van der Waals surface area contributed by atoms with Crippen molar-refractivity contribution in [3.8, 4) is 5.75 Å². The fourth-order valence-corrected chi connectivity index (χ4v) is 8.40. The zero-order valence-corrected chi connectivity index (χ0v) is 49.3. The molecule has 1 aromatic heterocycles. The second-order valence-electron chi connectivity index (χ2n) is 21.4. The first kappa shape index (κ1) is 71.4. The van der Waals surface area contributed by atoms with Gasteiger partial charge < -0.3 is 68.0 Å². The Bertz CT molecular complexity index is 3240. The number of aromatic hydroxyl groups is 1. The van der Waals surface area contributed by atoms with Gasteiger partial charge in [0.15, 0.2) is 0 Å². The Morgan fingerprint density at radius 3 is 1.60 bits per heavy atom. The van der Waals surface area contributed by atoms with E-state index < -0.39 is 132 Å². The maximum absolute atomic E-state index is 14.2. The number of alkyl halides is 3. The largest absolute Gasteiger partial charge is 0.508 e. The Morgan fingerprint density at radius 2 is 1.06 bits per heavy atom. The topological polar surface area (TPSA) is 408 Å². The van der Waals surface area contributed by atoms with E-state index in [1.807, 2.05) is 31.2 Å². The Kier molecular flexibility index (Phi) is 27.5. The van der Waals surface area contributed by atoms with E-state index in [2.05, 4.69) is 53.1 Å². The number of hydrogen-bond donors (Lipinski definition) is 14. The Labute approximate surface area is 509 Å². The van der Waals surface area contributed by atoms with Gasteiger partial charge in [-0.15, -0.1) is 0 Å². The number of para-hydroxylation sites is 1. The number of fused-ring (bicyclic) bond motifs is 1. The second kappa shape index (κ2) is 34.3. The number of amides is 9. The highest BCUT2D eigenvalue weighted by molar-refractivity contribution is 5.98. The number of phenolic OH excluding ortho intramolecular Hbond substituents is 1. The SMILES string of the molecule is CCCC[C@H](NC(=O)[C@@H](Cc1c[nH]c2ccccc12)NC(=O)OC(C)(C)C)C(=O)N[C@@H](CC(=O)O)C(=O)N[C@@H](Cc1ccccc1)C(=O)NNC(=O)[C@H](Cc1ccccc1)NC(=O)CNC(=O)[C@@H](C)NC(=O)[C@@H](N)Cc1ccc(O)cc1.O=C(O)C(F)(F)F. The van der Waals surface area contributed by atoms with Crippen LogP contribution in [0.25, 0.3) is 10.9 Å². The van der Waals surface area contributed by atoms with Crippen molar-refractivity contribution in [3.63, 3.8) is 0 Å². The molecule has 0 aliphatic carbocycles. The average molecular weight is 1250 g/mol. The monoisotopic (exact) mass is 1250 g/mol. The predicted octanol–water partition coefficient (Wildman–Crippen LogP) is 2.37. The summed E-state index contributed by atoms with van der Waals surface area (Å²) in [5.74, 6) is -11.2. The number of carbonyl (C=O) groups is 11. The standard InChI is InChI=1S/C58H73N11O13.C2HF3O2/c1-6-7-21-43(64-53(77)46(67-57(81)82-58(3,4)5)30-38-32-60-42-22-15-14-20-40(38)42)52(76)66-47(31-49(72)73)54(78)65-45(29-36-18-12-9-13-19-36)56(80)69-68-55(79)44(28-35-16-10-8-11-17-35)63-48(71)33-61-50(74)34(2)62-51(75)41(59)27-37-23-25-39(70)26-24-37;3-2(4,5)1(6)7/h8-20,22-26,32,34,41,43-47,60,70H,6-7,21,27-31,33,59H2,1-5H3,(H,61,74)(H,62,75)(H,63,71)(H,64,77)(H,65,78)(H,66,76)(H,67,81)(H,68,79)(H,69,80)(H,72,73);(H,6,7)/t34-,41+,43+,44+,45+,46-,47+;/m1./s1. The molecule has 5 aromatic rings. The normalized spacial score (nSPS) is 13.5. The third-order valence-corrected chi connectivity index (χ3v) is 12.9. The van der Waals surface area contributed by atoms with Gasteiger partial charge in [-0.3, -0.25) is 54.0 Å². The van der Waals surface area contributed by atoms with Gasteiger partial charge in [-0.1, -0.05) is 111 Å². The summed E-state index contributed by atoms with van der Waals surface area (Å²) in [5.41, 5.74) is 12.9. The molecule has 0 spiro atoms. The quantitative estimate of drug-likeness (QED) is 0.0320. The Hall–Kier alpha value is -10.1. The van der Waals surface area contributed by atoms with Gasteiger partial charge in [0.2, 0.25) is 35.4 Å². The fraction of sp³-hybridized carbons (Fsp3) is 0.383. The molecule has 0 saturated carbocycles. The summed E-state index contributed by atoms with van der Waals surface area (Å²) in [6.45, 7) is 7.56. The predicted molar refractivity (Wildman–Crippen MR) is 315 cm³/mol. The van der Waals surface area contributed by atoms with E-state index in [0.717, 1.165) is 10.9 Å². The number of aromatic amines is 1. The smallest absolute Gasteiger partial charge is 0.490 e. The van der Waals surface area contributed by atoms with Crippen LogP contribution in [0.15, 0.2) is 115 Å². The number of aromatic nitrogens is 1. The molecule has 89 heavy (non-hydrogen) atoms. The van der Waals surface area contributed by atoms with Crippen molar-refractivity contribution in [2.45, 2.75) is 140 Å². The molecule has 0 unspecified atom stereocenters. The number of H-pyrrole nitrogens is 1. The van der Waals surface area contributed by atoms with Crippen LogP contribution in [0.5, 0.6) is 5.75 Å². The number of hydrazine groups is 1. The van der Waals surface area contributed by atoms with E-state index in [9.17, 15) is 71.3 Å². The van der Waals surface area contributed by atoms with Crippen LogP contribution in [-0.4, -0.2) is 146 Å². The number of carboxylic acids is 2. The number of nitrogens with two attached hydrogens (primary N) is 1. The van der Waals surface area contributed by atoms with Crippen LogP contribution in [0.3, 0.4) is 0 Å². The molecule has 1 heterocycles. The third kappa shape index (κ3) is 25.4. The maximum Gasteiger partial charge on any atom is 0.490 e. The van der Waals surface area contributed by atoms with Crippen LogP contribution in [0, 0.1) is 0 Å². The van der Waals surface area contributed by atoms with E-state index in [4.69, 9.17) is 20.4 Å². The van der Waals surface area contributed by atoms with Gasteiger partial charge in [0, 0.05) is 36.4 Å². The average Bonchev–Trinajstić information content (AvgIpc) is 3.98. The molecule has 0 bridgehead atoms. The van der Waals surface area contributed by atoms with Crippen LogP contribution < -0.4 is 53.8 Å². The van der Waals surface area contributed by atoms with E-state index in [1.54, 1.807) is 99.8 Å². The van der Waals surface area contributed by atoms with E-state index >= 15 is 0 Å². The Balaban J connectivity index is 0.00000227. The maximum atomic E-state index is 14.2. The molecule has 0 aliphatic rings. The van der Waals surface area contributed by atoms with Crippen LogP contribution in [-0.2, 0) is 78.4 Å². The lowest BCUT2D eigenvalue weighted by Gasteiger charge is -2.27. The molecule has 0 saturated heterocycles. The number of carbonyl (C=O) groups excluding carboxylic acids is 9. The first-order chi connectivity index (χ1) is 41.9. The number of benzene rings is 4. The number of ether oxygens (including phenoxy) is 1. The van der Waals surface area contributed by atoms with E-state index in [1.165, 1.54) is 19.1 Å². The van der Waals surface area contributed by atoms with Crippen molar-refractivity contribution in [2.75, 3.05) is 6.54 Å². The molecule has 4 aromatic carbocycles. The van der Waals surface area contributed by atoms with Crippen molar-refractivity contribution >= 4 is 76.2 Å². The van der Waals surface area contributed by atoms with Gasteiger partial charge >= 0.3 is 24.2 Å². The lowest BCUT2D eigenvalue weighted by atomic mass is 10.0. The highest BCUT2D eigenvalue weighted by atomic mass is 19.4. The van der Waals surface area contributed by atoms with Crippen molar-refractivity contribution in [2.24, 2.45) is 5.73 Å². The second-order valence-corrected chi connectivity index (χ2v) is 21.4. The number of aliphatic carboxylic acids is 2. The molecular formula is C60H74F3N11O15. The summed E-state index contributed by atoms with van der Waals surface area (Å²) in [6, 6.07) is 20.8. The minimum Gasteiger partial charge on any atom is -0.508 e. The molecule has 29 heteroatoms. The zero-order chi connectivity index (χ0) is 66.0. The van der Waals surface area contributed by atoms with Crippen LogP contribution >= 0.6 is 0 Å². The summed E-state index contributed by atoms with van der Waals surface area (Å²) in [6.07, 6.45) is -4.44. The molecule has 0 fully saturated rings. The van der Waals surface area contributed by atoms with Crippen molar-refractivity contribution in [3.05, 3.63) is 138 Å².